The first-order valence-corrected chi connectivity index (χ1v) is 14.2. The molecule has 0 saturated carbocycles. The highest BCUT2D eigenvalue weighted by atomic mass is 79.9. The summed E-state index contributed by atoms with van der Waals surface area (Å²) in [5.41, 5.74) is 0.940. The number of benzene rings is 2. The lowest BCUT2D eigenvalue weighted by atomic mass is 10.1. The van der Waals surface area contributed by atoms with Crippen LogP contribution in [0.2, 0.25) is 0 Å². The van der Waals surface area contributed by atoms with Gasteiger partial charge >= 0.3 is 22.1 Å². The molecular weight excluding hydrogens is 578 g/mol. The normalized spacial score (nSPS) is 13.8. The SMILES string of the molecule is CCCn1c(C(=O)O)ccc1-c1cccc(S(=O)(=O)NS(=O)(=O)N2CC(=O)Oc3ccc2cc3Br)c1. The van der Waals surface area contributed by atoms with Gasteiger partial charge in [-0.1, -0.05) is 23.2 Å². The summed E-state index contributed by atoms with van der Waals surface area (Å²) in [5, 5.41) is 9.46. The van der Waals surface area contributed by atoms with E-state index in [0.29, 0.717) is 33.0 Å². The van der Waals surface area contributed by atoms with E-state index < -0.39 is 38.7 Å². The van der Waals surface area contributed by atoms with Crippen molar-refractivity contribution in [3.8, 4) is 17.0 Å². The van der Waals surface area contributed by atoms with E-state index in [0.717, 1.165) is 0 Å². The van der Waals surface area contributed by atoms with Crippen molar-refractivity contribution in [2.45, 2.75) is 24.8 Å². The molecule has 0 amide bonds. The zero-order valence-corrected chi connectivity index (χ0v) is 21.9. The lowest BCUT2D eigenvalue weighted by molar-refractivity contribution is -0.132. The highest BCUT2D eigenvalue weighted by molar-refractivity contribution is 9.10. The summed E-state index contributed by atoms with van der Waals surface area (Å²) >= 11 is 3.18. The fourth-order valence-electron chi connectivity index (χ4n) is 3.74. The number of fused-ring (bicyclic) bond motifs is 5. The highest BCUT2D eigenvalue weighted by Gasteiger charge is 2.33. The monoisotopic (exact) mass is 597 g/mol. The molecule has 3 heterocycles. The standard InChI is InChI=1S/C22H20BrN3O8S2/c1-2-10-25-18(7-8-19(25)22(28)29)14-4-3-5-16(11-14)35(30,31)24-36(32,33)26-13-21(27)34-20-9-6-15(26)12-17(20)23/h3-9,11-12,24H,2,10,13H2,1H3,(H,28,29). The molecule has 14 heteroatoms. The number of nitrogens with zero attached hydrogens (tertiary/aromatic N) is 2. The Morgan fingerprint density at radius 2 is 1.86 bits per heavy atom. The van der Waals surface area contributed by atoms with Gasteiger partial charge < -0.3 is 14.4 Å². The van der Waals surface area contributed by atoms with E-state index in [4.69, 9.17) is 4.74 Å². The zero-order valence-electron chi connectivity index (χ0n) is 18.7. The van der Waals surface area contributed by atoms with Gasteiger partial charge in [-0.05, 0) is 70.4 Å². The van der Waals surface area contributed by atoms with Crippen molar-refractivity contribution < 1.29 is 36.3 Å². The van der Waals surface area contributed by atoms with Gasteiger partial charge in [0.05, 0.1) is 15.1 Å². The number of esters is 1. The van der Waals surface area contributed by atoms with Crippen LogP contribution in [0, 0.1) is 0 Å². The van der Waals surface area contributed by atoms with Crippen molar-refractivity contribution in [3.63, 3.8) is 0 Å². The molecule has 1 aromatic heterocycles. The predicted molar refractivity (Wildman–Crippen MR) is 133 cm³/mol. The van der Waals surface area contributed by atoms with Crippen LogP contribution in [0.5, 0.6) is 5.75 Å². The number of ether oxygens (including phenoxy) is 1. The van der Waals surface area contributed by atoms with Crippen LogP contribution >= 0.6 is 15.9 Å². The lowest BCUT2D eigenvalue weighted by Crippen LogP contribution is -2.47. The minimum atomic E-state index is -4.77. The van der Waals surface area contributed by atoms with Crippen LogP contribution < -0.4 is 13.2 Å². The van der Waals surface area contributed by atoms with Crippen LogP contribution in [-0.4, -0.2) is 45.0 Å². The third kappa shape index (κ3) is 5.02. The molecule has 2 aliphatic heterocycles. The van der Waals surface area contributed by atoms with Gasteiger partial charge in [0.15, 0.2) is 0 Å². The third-order valence-corrected chi connectivity index (χ3v) is 9.43. The van der Waals surface area contributed by atoms with Crippen LogP contribution in [-0.2, 0) is 31.6 Å². The number of carbonyl (C=O) groups is 2. The summed E-state index contributed by atoms with van der Waals surface area (Å²) in [4.78, 5) is 23.3. The van der Waals surface area contributed by atoms with Gasteiger partial charge in [0.1, 0.15) is 18.0 Å². The lowest BCUT2D eigenvalue weighted by Gasteiger charge is -2.26. The molecule has 2 N–H and O–H groups in total. The second-order valence-electron chi connectivity index (χ2n) is 7.78. The maximum Gasteiger partial charge on any atom is 0.352 e. The second kappa shape index (κ2) is 9.69. The maximum atomic E-state index is 13.1. The Labute approximate surface area is 215 Å². The predicted octanol–water partition coefficient (Wildman–Crippen LogP) is 2.97. The molecule has 0 unspecified atom stereocenters. The number of aromatic carboxylic acids is 1. The van der Waals surface area contributed by atoms with E-state index in [1.54, 1.807) is 20.8 Å². The maximum absolute atomic E-state index is 13.1. The fraction of sp³-hybridized carbons (Fsp3) is 0.182. The van der Waals surface area contributed by atoms with Gasteiger partial charge in [0, 0.05) is 12.2 Å². The molecule has 2 aliphatic rings. The summed E-state index contributed by atoms with van der Waals surface area (Å²) in [5.74, 6) is -1.82. The largest absolute Gasteiger partial charge is 0.477 e. The molecule has 5 rings (SSSR count). The van der Waals surface area contributed by atoms with Crippen LogP contribution in [0.1, 0.15) is 23.8 Å². The Kier molecular flexibility index (Phi) is 6.96. The van der Waals surface area contributed by atoms with E-state index in [1.807, 2.05) is 6.92 Å². The summed E-state index contributed by atoms with van der Waals surface area (Å²) in [6, 6.07) is 12.6. The van der Waals surface area contributed by atoms with Crippen molar-refractivity contribution in [3.05, 3.63) is 64.8 Å². The van der Waals surface area contributed by atoms with E-state index in [2.05, 4.69) is 15.9 Å². The van der Waals surface area contributed by atoms with Gasteiger partial charge in [-0.3, -0.25) is 0 Å². The van der Waals surface area contributed by atoms with Crippen LogP contribution in [0.3, 0.4) is 0 Å². The van der Waals surface area contributed by atoms with Gasteiger partial charge in [-0.25, -0.2) is 22.3 Å². The molecule has 11 nitrogen and oxygen atoms in total. The van der Waals surface area contributed by atoms with Crippen molar-refractivity contribution in [2.75, 3.05) is 10.8 Å². The minimum absolute atomic E-state index is 0.0435. The van der Waals surface area contributed by atoms with Gasteiger partial charge in [0.25, 0.3) is 10.0 Å². The zero-order chi connectivity index (χ0) is 26.3. The van der Waals surface area contributed by atoms with Crippen LogP contribution in [0.15, 0.2) is 64.0 Å². The first-order valence-electron chi connectivity index (χ1n) is 10.5. The molecule has 3 aromatic rings. The van der Waals surface area contributed by atoms with E-state index in [9.17, 15) is 31.5 Å². The first-order chi connectivity index (χ1) is 16.9. The Morgan fingerprint density at radius 1 is 1.11 bits per heavy atom. The minimum Gasteiger partial charge on any atom is -0.477 e. The second-order valence-corrected chi connectivity index (χ2v) is 12.2. The number of carbonyl (C=O) groups excluding carboxylic acids is 1. The summed E-state index contributed by atoms with van der Waals surface area (Å²) < 4.78 is 61.7. The smallest absolute Gasteiger partial charge is 0.352 e. The summed E-state index contributed by atoms with van der Waals surface area (Å²) in [7, 11) is -9.41. The van der Waals surface area contributed by atoms with Crippen molar-refractivity contribution in [1.82, 2.24) is 8.69 Å². The average Bonchev–Trinajstić information content (AvgIpc) is 3.21. The molecule has 2 aromatic carbocycles. The molecule has 190 valence electrons. The number of sulfonamides is 1. The number of rotatable bonds is 8. The van der Waals surface area contributed by atoms with Crippen LogP contribution in [0.4, 0.5) is 5.69 Å². The van der Waals surface area contributed by atoms with Crippen molar-refractivity contribution in [1.29, 1.82) is 0 Å². The molecule has 0 fully saturated rings. The molecule has 0 radical (unpaired) electrons. The Bertz CT molecular complexity index is 1580. The van der Waals surface area contributed by atoms with Crippen molar-refractivity contribution >= 4 is 53.8 Å². The van der Waals surface area contributed by atoms with Gasteiger partial charge in [-0.2, -0.15) is 8.42 Å². The van der Waals surface area contributed by atoms with Crippen LogP contribution in [0.25, 0.3) is 11.3 Å². The number of hydrogen-bond acceptors (Lipinski definition) is 7. The Morgan fingerprint density at radius 3 is 2.53 bits per heavy atom. The van der Waals surface area contributed by atoms with Gasteiger partial charge in [0.2, 0.25) is 0 Å². The topological polar surface area (TPSA) is 152 Å². The van der Waals surface area contributed by atoms with E-state index in [1.165, 1.54) is 42.5 Å². The number of hydrogen-bond donors (Lipinski definition) is 2. The summed E-state index contributed by atoms with van der Waals surface area (Å²) in [6.07, 6.45) is 0.634. The number of nitrogens with one attached hydrogen (secondary N) is 1. The number of anilines is 1. The molecular formula is C22H20BrN3O8S2. The molecule has 2 bridgehead atoms. The van der Waals surface area contributed by atoms with Gasteiger partial charge in [-0.15, -0.1) is 0 Å². The Balaban J connectivity index is 1.70. The Hall–Kier alpha value is -3.20. The highest BCUT2D eigenvalue weighted by Crippen LogP contribution is 2.33. The fourth-order valence-corrected chi connectivity index (χ4v) is 7.25. The molecule has 0 aliphatic carbocycles. The number of aromatic nitrogens is 1. The van der Waals surface area contributed by atoms with E-state index in [-0.39, 0.29) is 22.0 Å². The number of halogens is 1. The van der Waals surface area contributed by atoms with E-state index >= 15 is 0 Å². The quantitative estimate of drug-likeness (QED) is 0.297. The molecule has 36 heavy (non-hydrogen) atoms. The average molecular weight is 598 g/mol. The number of carboxylic acids is 1. The molecule has 0 spiro atoms. The molecule has 0 saturated heterocycles. The summed E-state index contributed by atoms with van der Waals surface area (Å²) in [6.45, 7) is 1.51. The molecule has 0 atom stereocenters. The van der Waals surface area contributed by atoms with Crippen molar-refractivity contribution in [2.24, 2.45) is 0 Å². The number of carboxylic acid groups (broad SMARTS) is 1. The first kappa shape index (κ1) is 25.9. The third-order valence-electron chi connectivity index (χ3n) is 5.29.